The van der Waals surface area contributed by atoms with Crippen molar-refractivity contribution in [2.45, 2.75) is 69.7 Å². The second-order valence-electron chi connectivity index (χ2n) is 7.92. The van der Waals surface area contributed by atoms with E-state index in [0.29, 0.717) is 30.5 Å². The molecule has 2 heterocycles. The Kier molecular flexibility index (Phi) is 7.29. The average Bonchev–Trinajstić information content (AvgIpc) is 3.24. The molecule has 2 N–H and O–H groups in total. The number of aliphatic hydroxyl groups excluding tert-OH is 1. The van der Waals surface area contributed by atoms with E-state index in [1.165, 1.54) is 19.3 Å². The molecule has 0 aromatic rings. The van der Waals surface area contributed by atoms with Crippen molar-refractivity contribution in [3.05, 3.63) is 24.3 Å². The molecule has 2 saturated heterocycles. The van der Waals surface area contributed by atoms with E-state index in [9.17, 15) is 9.90 Å². The van der Waals surface area contributed by atoms with Crippen LogP contribution in [0.1, 0.15) is 51.4 Å². The van der Waals surface area contributed by atoms with Crippen LogP contribution in [0.15, 0.2) is 24.3 Å². The van der Waals surface area contributed by atoms with Gasteiger partial charge < -0.3 is 19.7 Å². The first-order valence-electron chi connectivity index (χ1n) is 10.1. The Morgan fingerprint density at radius 3 is 2.65 bits per heavy atom. The lowest BCUT2D eigenvalue weighted by atomic mass is 9.76. The van der Waals surface area contributed by atoms with E-state index >= 15 is 0 Å². The number of ether oxygens (including phenoxy) is 2. The predicted octanol–water partition coefficient (Wildman–Crippen LogP) is 3.32. The van der Waals surface area contributed by atoms with Crippen molar-refractivity contribution in [1.29, 1.82) is 0 Å². The molecule has 5 nitrogen and oxygen atoms in total. The summed E-state index contributed by atoms with van der Waals surface area (Å²) < 4.78 is 11.1. The molecule has 0 spiro atoms. The van der Waals surface area contributed by atoms with Gasteiger partial charge >= 0.3 is 5.97 Å². The highest BCUT2D eigenvalue weighted by molar-refractivity contribution is 5.67. The standard InChI is InChI=1S/C21H32O5/c22-18(15-6-2-1-3-7-15)10-9-17-16(19-11-12-20(17)26-19)8-4-5-13-25-14-21(23)24/h4-5,9-10,15-20,22H,1-3,6-8,11-14H2,(H,23,24)/b5-4-,10-9+/t16-,17+,18?,19-,20+/m0/s1. The number of fused-ring (bicyclic) bond motifs is 2. The number of allylic oxidation sites excluding steroid dienone is 1. The summed E-state index contributed by atoms with van der Waals surface area (Å²) >= 11 is 0. The van der Waals surface area contributed by atoms with Crippen molar-refractivity contribution in [3.63, 3.8) is 0 Å². The normalized spacial score (nSPS) is 33.4. The van der Waals surface area contributed by atoms with Gasteiger partial charge in [0.15, 0.2) is 0 Å². The molecule has 1 saturated carbocycles. The first kappa shape index (κ1) is 19.6. The number of aliphatic hydroxyl groups is 1. The van der Waals surface area contributed by atoms with Crippen molar-refractivity contribution in [2.24, 2.45) is 17.8 Å². The van der Waals surface area contributed by atoms with E-state index < -0.39 is 5.97 Å². The smallest absolute Gasteiger partial charge is 0.329 e. The van der Waals surface area contributed by atoms with Crippen LogP contribution < -0.4 is 0 Å². The van der Waals surface area contributed by atoms with Crippen molar-refractivity contribution in [2.75, 3.05) is 13.2 Å². The number of hydrogen-bond acceptors (Lipinski definition) is 4. The van der Waals surface area contributed by atoms with E-state index in [2.05, 4.69) is 12.2 Å². The van der Waals surface area contributed by atoms with Gasteiger partial charge in [-0.15, -0.1) is 0 Å². The van der Waals surface area contributed by atoms with Gasteiger partial charge in [-0.25, -0.2) is 4.79 Å². The van der Waals surface area contributed by atoms with Crippen LogP contribution in [0.3, 0.4) is 0 Å². The molecule has 0 aromatic carbocycles. The molecule has 3 aliphatic rings. The van der Waals surface area contributed by atoms with Gasteiger partial charge in [0.25, 0.3) is 0 Å². The van der Waals surface area contributed by atoms with Crippen LogP contribution in [0, 0.1) is 17.8 Å². The maximum Gasteiger partial charge on any atom is 0.329 e. The minimum atomic E-state index is -0.943. The van der Waals surface area contributed by atoms with Crippen LogP contribution in [-0.2, 0) is 14.3 Å². The van der Waals surface area contributed by atoms with Crippen molar-refractivity contribution in [1.82, 2.24) is 0 Å². The van der Waals surface area contributed by atoms with Crippen molar-refractivity contribution >= 4 is 5.97 Å². The Balaban J connectivity index is 1.49. The van der Waals surface area contributed by atoms with Crippen LogP contribution in [0.4, 0.5) is 0 Å². The summed E-state index contributed by atoms with van der Waals surface area (Å²) in [7, 11) is 0. The van der Waals surface area contributed by atoms with E-state index in [0.717, 1.165) is 32.1 Å². The van der Waals surface area contributed by atoms with Crippen molar-refractivity contribution < 1.29 is 24.5 Å². The Hall–Kier alpha value is -1.17. The predicted molar refractivity (Wildman–Crippen MR) is 98.8 cm³/mol. The number of carboxylic acids is 1. The topological polar surface area (TPSA) is 76.0 Å². The summed E-state index contributed by atoms with van der Waals surface area (Å²) in [4.78, 5) is 10.4. The molecule has 1 aliphatic carbocycles. The van der Waals surface area contributed by atoms with Crippen LogP contribution in [0.2, 0.25) is 0 Å². The van der Waals surface area contributed by atoms with Gasteiger partial charge in [0.05, 0.1) is 24.9 Å². The Morgan fingerprint density at radius 1 is 1.12 bits per heavy atom. The third kappa shape index (κ3) is 5.18. The maximum atomic E-state index is 10.5. The zero-order valence-corrected chi connectivity index (χ0v) is 15.5. The highest BCUT2D eigenvalue weighted by Gasteiger charge is 2.46. The SMILES string of the molecule is O=C(O)COC/C=C\C[C@H]1[C@@H](/C=C/C(O)C2CCCCC2)[C@H]2CC[C@@H]1O2. The fourth-order valence-corrected chi connectivity index (χ4v) is 4.80. The second-order valence-corrected chi connectivity index (χ2v) is 7.92. The first-order chi connectivity index (χ1) is 12.6. The van der Waals surface area contributed by atoms with Gasteiger partial charge in [-0.1, -0.05) is 43.6 Å². The summed E-state index contributed by atoms with van der Waals surface area (Å²) in [5.41, 5.74) is 0. The molecular weight excluding hydrogens is 332 g/mol. The molecule has 5 atom stereocenters. The molecule has 2 aliphatic heterocycles. The summed E-state index contributed by atoms with van der Waals surface area (Å²) in [5.74, 6) is 0.293. The number of carboxylic acid groups (broad SMARTS) is 1. The largest absolute Gasteiger partial charge is 0.480 e. The summed E-state index contributed by atoms with van der Waals surface area (Å²) in [6.07, 6.45) is 17.7. The zero-order chi connectivity index (χ0) is 18.4. The molecule has 26 heavy (non-hydrogen) atoms. The molecule has 1 unspecified atom stereocenters. The second kappa shape index (κ2) is 9.67. The summed E-state index contributed by atoms with van der Waals surface area (Å²) in [6.45, 7) is 0.0703. The number of aliphatic carboxylic acids is 1. The van der Waals surface area contributed by atoms with Crippen LogP contribution >= 0.6 is 0 Å². The number of carbonyl (C=O) groups is 1. The summed E-state index contributed by atoms with van der Waals surface area (Å²) in [5, 5.41) is 19.1. The lowest BCUT2D eigenvalue weighted by Crippen LogP contribution is -2.26. The van der Waals surface area contributed by atoms with Crippen LogP contribution in [-0.4, -0.2) is 47.7 Å². The first-order valence-corrected chi connectivity index (χ1v) is 10.1. The molecular formula is C21H32O5. The van der Waals surface area contributed by atoms with E-state index in [1.54, 1.807) is 0 Å². The third-order valence-corrected chi connectivity index (χ3v) is 6.16. The average molecular weight is 364 g/mol. The zero-order valence-electron chi connectivity index (χ0n) is 15.5. The molecule has 0 amide bonds. The van der Waals surface area contributed by atoms with Crippen molar-refractivity contribution in [3.8, 4) is 0 Å². The number of rotatable bonds is 9. The Labute approximate surface area is 156 Å². The van der Waals surface area contributed by atoms with E-state index in [1.807, 2.05) is 12.2 Å². The fourth-order valence-electron chi connectivity index (χ4n) is 4.80. The molecule has 0 radical (unpaired) electrons. The third-order valence-electron chi connectivity index (χ3n) is 6.16. The highest BCUT2D eigenvalue weighted by Crippen LogP contribution is 2.46. The molecule has 3 rings (SSSR count). The molecule has 0 aromatic heterocycles. The molecule has 3 fully saturated rings. The monoisotopic (exact) mass is 364 g/mol. The van der Waals surface area contributed by atoms with Gasteiger partial charge in [0.1, 0.15) is 6.61 Å². The minimum Gasteiger partial charge on any atom is -0.480 e. The quantitative estimate of drug-likeness (QED) is 0.485. The fraction of sp³-hybridized carbons (Fsp3) is 0.762. The molecule has 146 valence electrons. The molecule has 2 bridgehead atoms. The Bertz CT molecular complexity index is 509. The highest BCUT2D eigenvalue weighted by atomic mass is 16.5. The van der Waals surface area contributed by atoms with Gasteiger partial charge in [0.2, 0.25) is 0 Å². The van der Waals surface area contributed by atoms with Gasteiger partial charge in [-0.3, -0.25) is 0 Å². The van der Waals surface area contributed by atoms with Crippen LogP contribution in [0.25, 0.3) is 0 Å². The Morgan fingerprint density at radius 2 is 1.88 bits per heavy atom. The van der Waals surface area contributed by atoms with Gasteiger partial charge in [0, 0.05) is 5.92 Å². The van der Waals surface area contributed by atoms with Gasteiger partial charge in [-0.2, -0.15) is 0 Å². The lowest BCUT2D eigenvalue weighted by molar-refractivity contribution is -0.141. The van der Waals surface area contributed by atoms with Crippen LogP contribution in [0.5, 0.6) is 0 Å². The number of hydrogen-bond donors (Lipinski definition) is 2. The molecule has 5 heteroatoms. The van der Waals surface area contributed by atoms with E-state index in [4.69, 9.17) is 14.6 Å². The maximum absolute atomic E-state index is 10.5. The van der Waals surface area contributed by atoms with E-state index in [-0.39, 0.29) is 18.8 Å². The lowest BCUT2D eigenvalue weighted by Gasteiger charge is -2.27. The minimum absolute atomic E-state index is 0.258. The van der Waals surface area contributed by atoms with Gasteiger partial charge in [-0.05, 0) is 43.9 Å². The summed E-state index contributed by atoms with van der Waals surface area (Å²) in [6, 6.07) is 0.